The third-order valence-electron chi connectivity index (χ3n) is 5.56. The summed E-state index contributed by atoms with van der Waals surface area (Å²) in [7, 11) is 0. The number of aryl methyl sites for hydroxylation is 1. The lowest BCUT2D eigenvalue weighted by Crippen LogP contribution is -2.21. The summed E-state index contributed by atoms with van der Waals surface area (Å²) in [6.45, 7) is 16.5. The third-order valence-corrected chi connectivity index (χ3v) is 5.56. The molecule has 0 saturated heterocycles. The second-order valence-corrected chi connectivity index (χ2v) is 10.1. The van der Waals surface area contributed by atoms with Crippen molar-refractivity contribution in [3.8, 4) is 0 Å². The second-order valence-electron chi connectivity index (χ2n) is 10.1. The third kappa shape index (κ3) is 4.55. The van der Waals surface area contributed by atoms with Gasteiger partial charge in [0.2, 0.25) is 0 Å². The van der Waals surface area contributed by atoms with Gasteiger partial charge in [-0.3, -0.25) is 4.79 Å². The molecule has 0 saturated carbocycles. The van der Waals surface area contributed by atoms with Crippen molar-refractivity contribution in [3.05, 3.63) is 75.1 Å². The van der Waals surface area contributed by atoms with Crippen molar-refractivity contribution >= 4 is 16.6 Å². The Hall–Kier alpha value is -2.55. The van der Waals surface area contributed by atoms with Gasteiger partial charge >= 0.3 is 0 Å². The van der Waals surface area contributed by atoms with Crippen LogP contribution in [0.25, 0.3) is 10.9 Å². The summed E-state index contributed by atoms with van der Waals surface area (Å²) in [4.78, 5) is 16.0. The molecule has 1 heterocycles. The van der Waals surface area contributed by atoms with Gasteiger partial charge in [-0.15, -0.1) is 0 Å². The zero-order chi connectivity index (χ0) is 21.4. The van der Waals surface area contributed by atoms with E-state index in [9.17, 15) is 4.79 Å². The first-order valence-electron chi connectivity index (χ1n) is 10.5. The van der Waals surface area contributed by atoms with Crippen molar-refractivity contribution in [3.63, 3.8) is 0 Å². The molecule has 0 aliphatic carbocycles. The smallest absolute Gasteiger partial charge is 0.192 e. The van der Waals surface area contributed by atoms with Gasteiger partial charge in [0.1, 0.15) is 0 Å². The van der Waals surface area contributed by atoms with Crippen LogP contribution in [0.4, 0.5) is 5.69 Å². The Morgan fingerprint density at radius 2 is 1.59 bits per heavy atom. The Balaban J connectivity index is 1.86. The number of para-hydroxylation sites is 1. The summed E-state index contributed by atoms with van der Waals surface area (Å²) in [5.74, 6) is 0. The molecule has 0 atom stereocenters. The number of rotatable bonds is 4. The summed E-state index contributed by atoms with van der Waals surface area (Å²) in [5.41, 5.74) is 7.15. The SMILES string of the molecule is Cc1cc(NCCc2c[nH]c3ccccc3c2=O)c(C(C)(C)C)cc1C(C)(C)C. The minimum Gasteiger partial charge on any atom is -0.384 e. The van der Waals surface area contributed by atoms with Crippen LogP contribution in [-0.4, -0.2) is 11.5 Å². The maximum absolute atomic E-state index is 12.8. The summed E-state index contributed by atoms with van der Waals surface area (Å²) < 4.78 is 0. The summed E-state index contributed by atoms with van der Waals surface area (Å²) in [6, 6.07) is 12.3. The van der Waals surface area contributed by atoms with Crippen molar-refractivity contribution in [1.29, 1.82) is 0 Å². The molecule has 3 rings (SSSR count). The molecule has 2 aromatic carbocycles. The molecular formula is C26H34N2O. The van der Waals surface area contributed by atoms with Crippen molar-refractivity contribution in [1.82, 2.24) is 4.98 Å². The number of aromatic amines is 1. The zero-order valence-electron chi connectivity index (χ0n) is 18.9. The molecule has 0 unspecified atom stereocenters. The van der Waals surface area contributed by atoms with E-state index in [0.29, 0.717) is 6.42 Å². The van der Waals surface area contributed by atoms with Gasteiger partial charge in [-0.25, -0.2) is 0 Å². The molecule has 3 heteroatoms. The molecule has 0 radical (unpaired) electrons. The Morgan fingerprint density at radius 1 is 0.931 bits per heavy atom. The molecule has 0 aliphatic heterocycles. The molecule has 3 nitrogen and oxygen atoms in total. The van der Waals surface area contributed by atoms with E-state index < -0.39 is 0 Å². The van der Waals surface area contributed by atoms with E-state index in [1.807, 2.05) is 30.5 Å². The zero-order valence-corrected chi connectivity index (χ0v) is 18.9. The van der Waals surface area contributed by atoms with E-state index in [1.165, 1.54) is 22.4 Å². The first-order chi connectivity index (χ1) is 13.5. The van der Waals surface area contributed by atoms with Crippen LogP contribution in [0.1, 0.15) is 63.8 Å². The van der Waals surface area contributed by atoms with Crippen LogP contribution in [0.5, 0.6) is 0 Å². The first-order valence-corrected chi connectivity index (χ1v) is 10.5. The quantitative estimate of drug-likeness (QED) is 0.566. The van der Waals surface area contributed by atoms with Crippen molar-refractivity contribution < 1.29 is 0 Å². The molecule has 0 aliphatic rings. The lowest BCUT2D eigenvalue weighted by molar-refractivity contribution is 0.567. The number of anilines is 1. The highest BCUT2D eigenvalue weighted by Crippen LogP contribution is 2.36. The molecule has 0 amide bonds. The lowest BCUT2D eigenvalue weighted by Gasteiger charge is -2.29. The number of fused-ring (bicyclic) bond motifs is 1. The van der Waals surface area contributed by atoms with E-state index >= 15 is 0 Å². The molecule has 154 valence electrons. The van der Waals surface area contributed by atoms with E-state index in [4.69, 9.17) is 0 Å². The highest BCUT2D eigenvalue weighted by Gasteiger charge is 2.24. The number of pyridine rings is 1. The topological polar surface area (TPSA) is 44.9 Å². The van der Waals surface area contributed by atoms with Gasteiger partial charge in [-0.05, 0) is 59.1 Å². The number of nitrogens with one attached hydrogen (secondary N) is 2. The van der Waals surface area contributed by atoms with Gasteiger partial charge in [0.15, 0.2) is 5.43 Å². The number of hydrogen-bond acceptors (Lipinski definition) is 2. The highest BCUT2D eigenvalue weighted by atomic mass is 16.1. The van der Waals surface area contributed by atoms with Gasteiger partial charge in [0.25, 0.3) is 0 Å². The fourth-order valence-corrected chi connectivity index (χ4v) is 4.01. The first kappa shape index (κ1) is 21.2. The minimum atomic E-state index is 0.0381. The fraction of sp³-hybridized carbons (Fsp3) is 0.423. The minimum absolute atomic E-state index is 0.0381. The monoisotopic (exact) mass is 390 g/mol. The fourth-order valence-electron chi connectivity index (χ4n) is 4.01. The van der Waals surface area contributed by atoms with Gasteiger partial charge in [0, 0.05) is 34.9 Å². The maximum Gasteiger partial charge on any atom is 0.192 e. The molecule has 0 spiro atoms. The highest BCUT2D eigenvalue weighted by molar-refractivity contribution is 5.78. The van der Waals surface area contributed by atoms with E-state index in [0.717, 1.165) is 23.0 Å². The average Bonchev–Trinajstić information content (AvgIpc) is 2.62. The van der Waals surface area contributed by atoms with Crippen LogP contribution < -0.4 is 10.7 Å². The van der Waals surface area contributed by atoms with E-state index in [2.05, 4.69) is 70.9 Å². The number of hydrogen-bond donors (Lipinski definition) is 2. The molecule has 3 aromatic rings. The van der Waals surface area contributed by atoms with Crippen LogP contribution in [-0.2, 0) is 17.3 Å². The summed E-state index contributed by atoms with van der Waals surface area (Å²) in [5, 5.41) is 4.37. The van der Waals surface area contributed by atoms with Crippen molar-refractivity contribution in [2.75, 3.05) is 11.9 Å². The largest absolute Gasteiger partial charge is 0.384 e. The summed E-state index contributed by atoms with van der Waals surface area (Å²) >= 11 is 0. The van der Waals surface area contributed by atoms with Gasteiger partial charge < -0.3 is 10.3 Å². The molecule has 0 bridgehead atoms. The predicted molar refractivity (Wildman–Crippen MR) is 125 cm³/mol. The maximum atomic E-state index is 12.8. The predicted octanol–water partition coefficient (Wildman–Crippen LogP) is 6.09. The van der Waals surface area contributed by atoms with Crippen LogP contribution in [0.2, 0.25) is 0 Å². The van der Waals surface area contributed by atoms with Crippen LogP contribution >= 0.6 is 0 Å². The Kier molecular flexibility index (Phi) is 5.62. The average molecular weight is 391 g/mol. The Labute approximate surface area is 174 Å². The van der Waals surface area contributed by atoms with E-state index in [1.54, 1.807) is 0 Å². The lowest BCUT2D eigenvalue weighted by atomic mass is 9.78. The number of aromatic nitrogens is 1. The molecule has 0 fully saturated rings. The van der Waals surface area contributed by atoms with Gasteiger partial charge in [-0.2, -0.15) is 0 Å². The molecule has 29 heavy (non-hydrogen) atoms. The van der Waals surface area contributed by atoms with Gasteiger partial charge in [-0.1, -0.05) is 59.7 Å². The van der Waals surface area contributed by atoms with Crippen molar-refractivity contribution in [2.45, 2.75) is 65.7 Å². The van der Waals surface area contributed by atoms with E-state index in [-0.39, 0.29) is 16.3 Å². The normalized spacial score (nSPS) is 12.4. The molecule has 2 N–H and O–H groups in total. The van der Waals surface area contributed by atoms with Crippen LogP contribution in [0.3, 0.4) is 0 Å². The molecule has 1 aromatic heterocycles. The van der Waals surface area contributed by atoms with Gasteiger partial charge in [0.05, 0.1) is 0 Å². The second kappa shape index (κ2) is 7.70. The summed E-state index contributed by atoms with van der Waals surface area (Å²) in [6.07, 6.45) is 2.54. The van der Waals surface area contributed by atoms with Crippen molar-refractivity contribution in [2.24, 2.45) is 0 Å². The number of benzene rings is 2. The van der Waals surface area contributed by atoms with Crippen LogP contribution in [0, 0.1) is 6.92 Å². The standard InChI is InChI=1S/C26H34N2O/c1-17-14-23(21(26(5,6)7)15-20(17)25(2,3)4)27-13-12-18-16-28-22-11-9-8-10-19(22)24(18)29/h8-11,14-16,27H,12-13H2,1-7H3,(H,28,29). The molecular weight excluding hydrogens is 356 g/mol. The van der Waals surface area contributed by atoms with Crippen LogP contribution in [0.15, 0.2) is 47.4 Å². The number of H-pyrrole nitrogens is 1. The Morgan fingerprint density at radius 3 is 2.24 bits per heavy atom. The Bertz CT molecular complexity index is 1080.